The van der Waals surface area contributed by atoms with Crippen LogP contribution >= 0.6 is 0 Å². The van der Waals surface area contributed by atoms with Crippen molar-refractivity contribution >= 4 is 5.91 Å². The van der Waals surface area contributed by atoms with Crippen molar-refractivity contribution in [2.45, 2.75) is 19.5 Å². The van der Waals surface area contributed by atoms with E-state index >= 15 is 0 Å². The molecule has 0 saturated carbocycles. The van der Waals surface area contributed by atoms with Crippen LogP contribution in [0.25, 0.3) is 0 Å². The normalized spacial score (nSPS) is 12.7. The number of fused-ring (bicyclic) bond motifs is 1. The Labute approximate surface area is 139 Å². The summed E-state index contributed by atoms with van der Waals surface area (Å²) in [7, 11) is 0. The van der Waals surface area contributed by atoms with Gasteiger partial charge >= 0.3 is 0 Å². The molecule has 0 radical (unpaired) electrons. The van der Waals surface area contributed by atoms with Crippen LogP contribution in [0.3, 0.4) is 0 Å². The van der Waals surface area contributed by atoms with Gasteiger partial charge in [0.2, 0.25) is 0 Å². The lowest BCUT2D eigenvalue weighted by Crippen LogP contribution is -2.29. The highest BCUT2D eigenvalue weighted by Crippen LogP contribution is 2.27. The van der Waals surface area contributed by atoms with Crippen molar-refractivity contribution in [3.05, 3.63) is 77.6 Å². The summed E-state index contributed by atoms with van der Waals surface area (Å²) in [5, 5.41) is 0. The zero-order chi connectivity index (χ0) is 16.4. The number of furan rings is 2. The van der Waals surface area contributed by atoms with Gasteiger partial charge in [0.1, 0.15) is 17.3 Å². The average molecular weight is 323 g/mol. The maximum absolute atomic E-state index is 13.0. The molecule has 0 aliphatic carbocycles. The van der Waals surface area contributed by atoms with Crippen LogP contribution < -0.4 is 4.74 Å². The van der Waals surface area contributed by atoms with E-state index in [1.165, 1.54) is 0 Å². The molecule has 1 aromatic carbocycles. The summed E-state index contributed by atoms with van der Waals surface area (Å²) in [6.45, 7) is 1.45. The predicted octanol–water partition coefficient (Wildman–Crippen LogP) is 3.65. The quantitative estimate of drug-likeness (QED) is 0.719. The first-order valence-corrected chi connectivity index (χ1v) is 7.89. The molecule has 1 amide bonds. The smallest absolute Gasteiger partial charge is 0.254 e. The predicted molar refractivity (Wildman–Crippen MR) is 86.6 cm³/mol. The molecule has 0 bridgehead atoms. The molecule has 24 heavy (non-hydrogen) atoms. The van der Waals surface area contributed by atoms with Crippen LogP contribution in [-0.4, -0.2) is 17.4 Å². The van der Waals surface area contributed by atoms with Crippen molar-refractivity contribution < 1.29 is 18.4 Å². The minimum atomic E-state index is -0.0579. The molecule has 5 heteroatoms. The van der Waals surface area contributed by atoms with Gasteiger partial charge in [-0.15, -0.1) is 0 Å². The van der Waals surface area contributed by atoms with E-state index in [1.54, 1.807) is 17.4 Å². The van der Waals surface area contributed by atoms with Gasteiger partial charge in [-0.2, -0.15) is 0 Å². The zero-order valence-electron chi connectivity index (χ0n) is 13.1. The second kappa shape index (κ2) is 6.28. The maximum atomic E-state index is 13.0. The molecule has 0 N–H and O–H groups in total. The number of nitrogens with zero attached hydrogens (tertiary/aromatic N) is 1. The maximum Gasteiger partial charge on any atom is 0.254 e. The van der Waals surface area contributed by atoms with E-state index in [2.05, 4.69) is 0 Å². The van der Waals surface area contributed by atoms with Crippen LogP contribution in [0.1, 0.15) is 27.4 Å². The molecule has 0 fully saturated rings. The standard InChI is InChI=1S/C19H17NO4/c21-19(15-5-6-18-14(11-15)7-10-24-18)20(12-16-3-1-8-22-16)13-17-4-2-9-23-17/h1-6,8-9,11H,7,10,12-13H2. The first-order chi connectivity index (χ1) is 11.8. The number of rotatable bonds is 5. The van der Waals surface area contributed by atoms with Gasteiger partial charge in [-0.25, -0.2) is 0 Å². The van der Waals surface area contributed by atoms with Gasteiger partial charge < -0.3 is 18.5 Å². The van der Waals surface area contributed by atoms with Gasteiger partial charge in [-0.05, 0) is 48.0 Å². The minimum absolute atomic E-state index is 0.0579. The molecule has 1 aliphatic heterocycles. The van der Waals surface area contributed by atoms with Gasteiger partial charge in [0.25, 0.3) is 5.91 Å². The monoisotopic (exact) mass is 323 g/mol. The zero-order valence-corrected chi connectivity index (χ0v) is 13.1. The average Bonchev–Trinajstić information content (AvgIpc) is 3.35. The first kappa shape index (κ1) is 14.6. The number of carbonyl (C=O) groups is 1. The topological polar surface area (TPSA) is 55.8 Å². The van der Waals surface area contributed by atoms with Gasteiger partial charge in [-0.1, -0.05) is 0 Å². The highest BCUT2D eigenvalue weighted by Gasteiger charge is 2.21. The van der Waals surface area contributed by atoms with Gasteiger partial charge in [-0.3, -0.25) is 4.79 Å². The van der Waals surface area contributed by atoms with Crippen LogP contribution in [0.5, 0.6) is 5.75 Å². The number of benzene rings is 1. The Morgan fingerprint density at radius 1 is 1.00 bits per heavy atom. The molecular formula is C19H17NO4. The molecule has 5 nitrogen and oxygen atoms in total. The molecule has 3 heterocycles. The third kappa shape index (κ3) is 2.93. The fourth-order valence-electron chi connectivity index (χ4n) is 2.88. The summed E-state index contributed by atoms with van der Waals surface area (Å²) in [6, 6.07) is 13.0. The summed E-state index contributed by atoms with van der Waals surface area (Å²) in [6.07, 6.45) is 4.06. The SMILES string of the molecule is O=C(c1ccc2c(c1)CCO2)N(Cc1ccco1)Cc1ccco1. The van der Waals surface area contributed by atoms with Crippen LogP contribution in [0, 0.1) is 0 Å². The molecule has 0 unspecified atom stereocenters. The molecule has 0 saturated heterocycles. The van der Waals surface area contributed by atoms with Gasteiger partial charge in [0.15, 0.2) is 0 Å². The second-order valence-corrected chi connectivity index (χ2v) is 5.74. The van der Waals surface area contributed by atoms with Crippen molar-refractivity contribution in [3.63, 3.8) is 0 Å². The van der Waals surface area contributed by atoms with Crippen LogP contribution in [-0.2, 0) is 19.5 Å². The number of hydrogen-bond donors (Lipinski definition) is 0. The Balaban J connectivity index is 1.60. The Hall–Kier alpha value is -2.95. The molecule has 1 aliphatic rings. The fraction of sp³-hybridized carbons (Fsp3) is 0.211. The highest BCUT2D eigenvalue weighted by molar-refractivity contribution is 5.94. The lowest BCUT2D eigenvalue weighted by Gasteiger charge is -2.21. The van der Waals surface area contributed by atoms with Crippen LogP contribution in [0.15, 0.2) is 63.8 Å². The van der Waals surface area contributed by atoms with E-state index in [-0.39, 0.29) is 5.91 Å². The van der Waals surface area contributed by atoms with E-state index in [4.69, 9.17) is 13.6 Å². The largest absolute Gasteiger partial charge is 0.493 e. The number of amides is 1. The number of ether oxygens (including phenoxy) is 1. The molecule has 3 aromatic rings. The van der Waals surface area contributed by atoms with Gasteiger partial charge in [0, 0.05) is 12.0 Å². The van der Waals surface area contributed by atoms with Crippen LogP contribution in [0.2, 0.25) is 0 Å². The molecule has 4 rings (SSSR count). The molecule has 122 valence electrons. The van der Waals surface area contributed by atoms with E-state index in [0.717, 1.165) is 29.3 Å². The van der Waals surface area contributed by atoms with Crippen molar-refractivity contribution in [1.82, 2.24) is 4.90 Å². The summed E-state index contributed by atoms with van der Waals surface area (Å²) in [5.74, 6) is 2.28. The van der Waals surface area contributed by atoms with E-state index in [0.29, 0.717) is 25.3 Å². The summed E-state index contributed by atoms with van der Waals surface area (Å²) < 4.78 is 16.3. The molecule has 2 aromatic heterocycles. The molecular weight excluding hydrogens is 306 g/mol. The van der Waals surface area contributed by atoms with Crippen molar-refractivity contribution in [2.75, 3.05) is 6.61 Å². The van der Waals surface area contributed by atoms with Crippen molar-refractivity contribution in [3.8, 4) is 5.75 Å². The first-order valence-electron chi connectivity index (χ1n) is 7.89. The third-order valence-corrected chi connectivity index (χ3v) is 4.08. The van der Waals surface area contributed by atoms with Crippen molar-refractivity contribution in [2.24, 2.45) is 0 Å². The molecule has 0 atom stereocenters. The summed E-state index contributed by atoms with van der Waals surface area (Å²) >= 11 is 0. The lowest BCUT2D eigenvalue weighted by molar-refractivity contribution is 0.0705. The Morgan fingerprint density at radius 2 is 1.71 bits per heavy atom. The fourth-order valence-corrected chi connectivity index (χ4v) is 2.88. The minimum Gasteiger partial charge on any atom is -0.493 e. The van der Waals surface area contributed by atoms with Crippen molar-refractivity contribution in [1.29, 1.82) is 0 Å². The summed E-state index contributed by atoms with van der Waals surface area (Å²) in [5.41, 5.74) is 1.73. The molecule has 0 spiro atoms. The number of hydrogen-bond acceptors (Lipinski definition) is 4. The Bertz CT molecular complexity index is 785. The second-order valence-electron chi connectivity index (χ2n) is 5.74. The number of carbonyl (C=O) groups excluding carboxylic acids is 1. The third-order valence-electron chi connectivity index (χ3n) is 4.08. The summed E-state index contributed by atoms with van der Waals surface area (Å²) in [4.78, 5) is 14.7. The Morgan fingerprint density at radius 3 is 2.33 bits per heavy atom. The Kier molecular flexibility index (Phi) is 3.83. The van der Waals surface area contributed by atoms with Crippen LogP contribution in [0.4, 0.5) is 0 Å². The van der Waals surface area contributed by atoms with E-state index < -0.39 is 0 Å². The van der Waals surface area contributed by atoms with E-state index in [1.807, 2.05) is 42.5 Å². The van der Waals surface area contributed by atoms with Gasteiger partial charge in [0.05, 0.1) is 32.2 Å². The van der Waals surface area contributed by atoms with E-state index in [9.17, 15) is 4.79 Å². The lowest BCUT2D eigenvalue weighted by atomic mass is 10.1. The highest BCUT2D eigenvalue weighted by atomic mass is 16.5.